The SMILES string of the molecule is O=C(COC(=O)C=Cc1cnc2ccccc2n1)NC(=O)NCc1ccco1. The van der Waals surface area contributed by atoms with Crippen LogP contribution in [0.1, 0.15) is 11.5 Å². The molecule has 9 nitrogen and oxygen atoms in total. The molecule has 2 N–H and O–H groups in total. The molecular weight excluding hydrogens is 364 g/mol. The highest BCUT2D eigenvalue weighted by Gasteiger charge is 2.10. The van der Waals surface area contributed by atoms with Gasteiger partial charge in [0.05, 0.1) is 35.7 Å². The number of esters is 1. The van der Waals surface area contributed by atoms with Crippen LogP contribution < -0.4 is 10.6 Å². The van der Waals surface area contributed by atoms with Crippen molar-refractivity contribution in [2.24, 2.45) is 0 Å². The van der Waals surface area contributed by atoms with E-state index < -0.39 is 24.5 Å². The molecule has 0 saturated heterocycles. The van der Waals surface area contributed by atoms with Crippen LogP contribution in [0.5, 0.6) is 0 Å². The first-order valence-corrected chi connectivity index (χ1v) is 8.27. The molecule has 0 spiro atoms. The number of hydrogen-bond donors (Lipinski definition) is 2. The van der Waals surface area contributed by atoms with Gasteiger partial charge >= 0.3 is 12.0 Å². The minimum Gasteiger partial charge on any atom is -0.467 e. The number of carbonyl (C=O) groups is 3. The highest BCUT2D eigenvalue weighted by atomic mass is 16.5. The molecule has 0 aliphatic rings. The Morgan fingerprint density at radius 3 is 2.71 bits per heavy atom. The van der Waals surface area contributed by atoms with Gasteiger partial charge < -0.3 is 14.5 Å². The Hall–Kier alpha value is -4.01. The Kier molecular flexibility index (Phi) is 6.09. The Labute approximate surface area is 159 Å². The van der Waals surface area contributed by atoms with Crippen LogP contribution in [-0.2, 0) is 20.9 Å². The van der Waals surface area contributed by atoms with Gasteiger partial charge in [-0.25, -0.2) is 14.6 Å². The molecule has 0 atom stereocenters. The Morgan fingerprint density at radius 1 is 1.11 bits per heavy atom. The average molecular weight is 380 g/mol. The van der Waals surface area contributed by atoms with Gasteiger partial charge in [0.2, 0.25) is 0 Å². The number of hydrogen-bond acceptors (Lipinski definition) is 7. The lowest BCUT2D eigenvalue weighted by Crippen LogP contribution is -2.41. The van der Waals surface area contributed by atoms with Crippen molar-refractivity contribution >= 4 is 35.0 Å². The molecule has 0 bridgehead atoms. The van der Waals surface area contributed by atoms with E-state index in [9.17, 15) is 14.4 Å². The molecule has 0 fully saturated rings. The van der Waals surface area contributed by atoms with Gasteiger partial charge in [-0.1, -0.05) is 12.1 Å². The zero-order valence-corrected chi connectivity index (χ0v) is 14.6. The summed E-state index contributed by atoms with van der Waals surface area (Å²) in [5, 5.41) is 4.47. The van der Waals surface area contributed by atoms with Crippen molar-refractivity contribution in [2.45, 2.75) is 6.54 Å². The van der Waals surface area contributed by atoms with E-state index in [4.69, 9.17) is 9.15 Å². The van der Waals surface area contributed by atoms with Crippen molar-refractivity contribution in [2.75, 3.05) is 6.61 Å². The number of urea groups is 1. The number of nitrogens with zero attached hydrogens (tertiary/aromatic N) is 2. The number of para-hydroxylation sites is 2. The molecule has 142 valence electrons. The Morgan fingerprint density at radius 2 is 1.93 bits per heavy atom. The minimum atomic E-state index is -0.760. The summed E-state index contributed by atoms with van der Waals surface area (Å²) in [6, 6.07) is 9.95. The summed E-state index contributed by atoms with van der Waals surface area (Å²) in [4.78, 5) is 43.4. The largest absolute Gasteiger partial charge is 0.467 e. The minimum absolute atomic E-state index is 0.126. The maximum Gasteiger partial charge on any atom is 0.331 e. The lowest BCUT2D eigenvalue weighted by Gasteiger charge is -2.05. The van der Waals surface area contributed by atoms with Gasteiger partial charge in [0.15, 0.2) is 6.61 Å². The number of imide groups is 1. The molecular formula is C19H16N4O5. The van der Waals surface area contributed by atoms with E-state index in [1.165, 1.54) is 18.5 Å². The van der Waals surface area contributed by atoms with Gasteiger partial charge in [-0.05, 0) is 30.3 Å². The maximum absolute atomic E-state index is 11.7. The van der Waals surface area contributed by atoms with Crippen molar-refractivity contribution < 1.29 is 23.5 Å². The van der Waals surface area contributed by atoms with Gasteiger partial charge in [-0.2, -0.15) is 0 Å². The predicted octanol–water partition coefficient (Wildman–Crippen LogP) is 1.81. The Bertz CT molecular complexity index is 1010. The normalized spacial score (nSPS) is 10.7. The molecule has 0 aliphatic heterocycles. The Balaban J connectivity index is 1.41. The van der Waals surface area contributed by atoms with Crippen LogP contribution in [0.3, 0.4) is 0 Å². The number of benzene rings is 1. The number of furan rings is 1. The fraction of sp³-hybridized carbons (Fsp3) is 0.105. The van der Waals surface area contributed by atoms with Gasteiger partial charge in [0.25, 0.3) is 5.91 Å². The van der Waals surface area contributed by atoms with E-state index in [0.717, 1.165) is 11.6 Å². The molecule has 2 heterocycles. The zero-order valence-electron chi connectivity index (χ0n) is 14.6. The molecule has 3 aromatic rings. The second kappa shape index (κ2) is 9.08. The molecule has 9 heteroatoms. The fourth-order valence-corrected chi connectivity index (χ4v) is 2.18. The zero-order chi connectivity index (χ0) is 19.8. The second-order valence-corrected chi connectivity index (χ2v) is 5.53. The highest BCUT2D eigenvalue weighted by molar-refractivity contribution is 5.96. The van der Waals surface area contributed by atoms with E-state index in [1.54, 1.807) is 18.2 Å². The van der Waals surface area contributed by atoms with Crippen molar-refractivity contribution in [3.8, 4) is 0 Å². The fourth-order valence-electron chi connectivity index (χ4n) is 2.18. The molecule has 0 saturated carbocycles. The summed E-state index contributed by atoms with van der Waals surface area (Å²) in [7, 11) is 0. The number of aromatic nitrogens is 2. The standard InChI is InChI=1S/C19H16N4O5/c24-17(23-19(26)21-11-14-4-3-9-27-14)12-28-18(25)8-7-13-10-20-15-5-1-2-6-16(15)22-13/h1-10H,11-12H2,(H2,21,23,24,26). The number of carbonyl (C=O) groups excluding carboxylic acids is 3. The van der Waals surface area contributed by atoms with Crippen molar-refractivity contribution in [3.63, 3.8) is 0 Å². The van der Waals surface area contributed by atoms with Crippen LogP contribution in [0, 0.1) is 0 Å². The summed E-state index contributed by atoms with van der Waals surface area (Å²) >= 11 is 0. The first-order chi connectivity index (χ1) is 13.6. The third kappa shape index (κ3) is 5.49. The predicted molar refractivity (Wildman–Crippen MR) is 98.6 cm³/mol. The van der Waals surface area contributed by atoms with Gasteiger partial charge in [-0.15, -0.1) is 0 Å². The molecule has 0 radical (unpaired) electrons. The number of rotatable bonds is 6. The first kappa shape index (κ1) is 18.8. The number of amides is 3. The summed E-state index contributed by atoms with van der Waals surface area (Å²) in [6.45, 7) is -0.470. The molecule has 3 amide bonds. The molecule has 2 aromatic heterocycles. The lowest BCUT2D eigenvalue weighted by atomic mass is 10.3. The highest BCUT2D eigenvalue weighted by Crippen LogP contribution is 2.09. The molecule has 0 aliphatic carbocycles. The molecule has 0 unspecified atom stereocenters. The van der Waals surface area contributed by atoms with E-state index >= 15 is 0 Å². The summed E-state index contributed by atoms with van der Waals surface area (Å²) in [6.07, 6.45) is 5.54. The van der Waals surface area contributed by atoms with Crippen LogP contribution in [0.25, 0.3) is 17.1 Å². The molecule has 3 rings (SSSR count). The van der Waals surface area contributed by atoms with E-state index in [-0.39, 0.29) is 6.54 Å². The number of fused-ring (bicyclic) bond motifs is 1. The number of nitrogens with one attached hydrogen (secondary N) is 2. The van der Waals surface area contributed by atoms with Crippen molar-refractivity contribution in [1.82, 2.24) is 20.6 Å². The van der Waals surface area contributed by atoms with E-state index in [0.29, 0.717) is 17.0 Å². The lowest BCUT2D eigenvalue weighted by molar-refractivity contribution is -0.143. The van der Waals surface area contributed by atoms with Crippen LogP contribution in [-0.4, -0.2) is 34.5 Å². The van der Waals surface area contributed by atoms with Crippen molar-refractivity contribution in [1.29, 1.82) is 0 Å². The summed E-state index contributed by atoms with van der Waals surface area (Å²) < 4.78 is 9.82. The summed E-state index contributed by atoms with van der Waals surface area (Å²) in [5.74, 6) is -0.971. The maximum atomic E-state index is 11.7. The molecule has 1 aromatic carbocycles. The third-order valence-corrected chi connectivity index (χ3v) is 3.46. The van der Waals surface area contributed by atoms with Crippen LogP contribution in [0.4, 0.5) is 4.79 Å². The second-order valence-electron chi connectivity index (χ2n) is 5.53. The van der Waals surface area contributed by atoms with Gasteiger partial charge in [-0.3, -0.25) is 15.1 Å². The monoisotopic (exact) mass is 380 g/mol. The number of ether oxygens (including phenoxy) is 1. The van der Waals surface area contributed by atoms with Crippen LogP contribution >= 0.6 is 0 Å². The van der Waals surface area contributed by atoms with Gasteiger partial charge in [0.1, 0.15) is 5.76 Å². The quantitative estimate of drug-likeness (QED) is 0.494. The van der Waals surface area contributed by atoms with Gasteiger partial charge in [0, 0.05) is 6.08 Å². The smallest absolute Gasteiger partial charge is 0.331 e. The first-order valence-electron chi connectivity index (χ1n) is 8.27. The van der Waals surface area contributed by atoms with E-state index in [2.05, 4.69) is 15.3 Å². The topological polar surface area (TPSA) is 123 Å². The third-order valence-electron chi connectivity index (χ3n) is 3.46. The average Bonchev–Trinajstić information content (AvgIpc) is 3.22. The van der Waals surface area contributed by atoms with Crippen molar-refractivity contribution in [3.05, 3.63) is 66.4 Å². The summed E-state index contributed by atoms with van der Waals surface area (Å²) in [5.41, 5.74) is 1.90. The van der Waals surface area contributed by atoms with E-state index in [1.807, 2.05) is 23.5 Å². The molecule has 28 heavy (non-hydrogen) atoms. The van der Waals surface area contributed by atoms with Crippen LogP contribution in [0.15, 0.2) is 59.4 Å². The van der Waals surface area contributed by atoms with Crippen LogP contribution in [0.2, 0.25) is 0 Å².